The largest absolute Gasteiger partial charge is 0.457 e. The Morgan fingerprint density at radius 3 is 2.13 bits per heavy atom. The standard InChI is InChI=1S/C54H65N3O16S3/c1-6-7-31-55-45-23-19-40(74-73-72-61)35-43(45)53(2,29-33-68-4)47(55)25-15-37-12-11-13-38(52(37)70-39-17-20-41(21-18-39)75(62,63)64)16-26-48-54(3,30-34-69-5)44-36-42(76(65,66)67)22-24-46(44)56(48)32-10-8-9-14-51(60)71-57-49(58)27-28-50(57)59/h15-26,35-36H,6-14,27-34H2,1-5H3,(H2-,61,62,63,64,65,66,67)/p+1. The molecule has 2 atom stereocenters. The number of benzene rings is 3. The van der Waals surface area contributed by atoms with Crippen molar-refractivity contribution in [1.29, 1.82) is 0 Å². The zero-order valence-corrected chi connectivity index (χ0v) is 45.8. The fourth-order valence-corrected chi connectivity index (χ4v) is 11.7. The number of ether oxygens (including phenoxy) is 3. The van der Waals surface area contributed by atoms with E-state index in [0.29, 0.717) is 86.8 Å². The summed E-state index contributed by atoms with van der Waals surface area (Å²) in [4.78, 5) is 44.0. The average Bonchev–Trinajstić information content (AvgIpc) is 3.95. The lowest BCUT2D eigenvalue weighted by Gasteiger charge is -2.30. The number of rotatable bonds is 26. The van der Waals surface area contributed by atoms with Gasteiger partial charge in [0.2, 0.25) is 5.69 Å². The monoisotopic (exact) mass is 1110 g/mol. The van der Waals surface area contributed by atoms with E-state index in [-0.39, 0.29) is 29.1 Å². The topological polar surface area (TPSA) is 245 Å². The van der Waals surface area contributed by atoms with Crippen LogP contribution in [0.15, 0.2) is 122 Å². The second-order valence-corrected chi connectivity index (χ2v) is 23.1. The Bertz CT molecular complexity index is 3040. The smallest absolute Gasteiger partial charge is 0.333 e. The molecule has 3 aliphatic heterocycles. The quantitative estimate of drug-likeness (QED) is 0.0129. The molecule has 0 radical (unpaired) electrons. The van der Waals surface area contributed by atoms with Crippen molar-refractivity contribution in [3.05, 3.63) is 119 Å². The second kappa shape index (κ2) is 25.3. The van der Waals surface area contributed by atoms with Gasteiger partial charge in [-0.25, -0.2) is 10.1 Å². The molecule has 0 aromatic heterocycles. The number of fused-ring (bicyclic) bond motifs is 2. The van der Waals surface area contributed by atoms with Gasteiger partial charge < -0.3 is 23.9 Å². The number of imide groups is 1. The zero-order valence-electron chi connectivity index (χ0n) is 43.3. The van der Waals surface area contributed by atoms with E-state index in [1.54, 1.807) is 20.3 Å². The van der Waals surface area contributed by atoms with Crippen molar-refractivity contribution in [2.24, 2.45) is 0 Å². The molecule has 2 unspecified atom stereocenters. The van der Waals surface area contributed by atoms with E-state index >= 15 is 0 Å². The highest BCUT2D eigenvalue weighted by atomic mass is 32.2. The Morgan fingerprint density at radius 2 is 1.47 bits per heavy atom. The third-order valence-corrected chi connectivity index (χ3v) is 16.7. The van der Waals surface area contributed by atoms with Crippen LogP contribution in [0.4, 0.5) is 11.4 Å². The number of carbonyl (C=O) groups excluding carboxylic acids is 3. The molecule has 3 N–H and O–H groups in total. The zero-order chi connectivity index (χ0) is 54.8. The number of methoxy groups -OCH3 is 2. The first-order valence-electron chi connectivity index (χ1n) is 25.2. The van der Waals surface area contributed by atoms with Gasteiger partial charge in [-0.1, -0.05) is 30.9 Å². The Hall–Kier alpha value is -5.53. The first-order valence-corrected chi connectivity index (χ1v) is 28.9. The summed E-state index contributed by atoms with van der Waals surface area (Å²) in [6, 6.07) is 16.0. The van der Waals surface area contributed by atoms with Crippen LogP contribution in [0.3, 0.4) is 0 Å². The van der Waals surface area contributed by atoms with Gasteiger partial charge in [0.25, 0.3) is 32.1 Å². The molecule has 1 aliphatic carbocycles. The van der Waals surface area contributed by atoms with E-state index in [9.17, 15) is 40.3 Å². The van der Waals surface area contributed by atoms with Gasteiger partial charge in [-0.2, -0.15) is 21.4 Å². The molecule has 3 aromatic carbocycles. The summed E-state index contributed by atoms with van der Waals surface area (Å²) in [7, 11) is -5.84. The molecule has 3 aromatic rings. The summed E-state index contributed by atoms with van der Waals surface area (Å²) < 4.78 is 94.5. The third-order valence-electron chi connectivity index (χ3n) is 14.4. The number of allylic oxidation sites excluding steroid dienone is 7. The maximum atomic E-state index is 12.6. The normalized spacial score (nSPS) is 21.0. The maximum absolute atomic E-state index is 12.6. The van der Waals surface area contributed by atoms with Crippen molar-refractivity contribution in [1.82, 2.24) is 5.06 Å². The lowest BCUT2D eigenvalue weighted by molar-refractivity contribution is -0.438. The number of anilines is 1. The van der Waals surface area contributed by atoms with Crippen LogP contribution in [-0.4, -0.2) is 105 Å². The number of carbonyl (C=O) groups is 3. The van der Waals surface area contributed by atoms with E-state index in [4.69, 9.17) is 28.6 Å². The minimum absolute atomic E-state index is 0.00763. The highest BCUT2D eigenvalue weighted by Crippen LogP contribution is 2.51. The van der Waals surface area contributed by atoms with E-state index in [0.717, 1.165) is 82.2 Å². The molecule has 4 aliphatic rings. The first-order chi connectivity index (χ1) is 36.3. The summed E-state index contributed by atoms with van der Waals surface area (Å²) in [6.45, 7) is 8.24. The van der Waals surface area contributed by atoms with Crippen LogP contribution >= 0.6 is 12.0 Å². The van der Waals surface area contributed by atoms with Gasteiger partial charge in [0.1, 0.15) is 18.1 Å². The lowest BCUT2D eigenvalue weighted by atomic mass is 9.76. The fourth-order valence-electron chi connectivity index (χ4n) is 10.3. The van der Waals surface area contributed by atoms with Gasteiger partial charge in [-0.15, -0.1) is 9.40 Å². The van der Waals surface area contributed by atoms with Crippen LogP contribution in [0.25, 0.3) is 0 Å². The molecule has 76 heavy (non-hydrogen) atoms. The molecule has 7 rings (SSSR count). The summed E-state index contributed by atoms with van der Waals surface area (Å²) >= 11 is 0.888. The number of hydrogen-bond donors (Lipinski definition) is 3. The first kappa shape index (κ1) is 58.2. The van der Waals surface area contributed by atoms with Crippen molar-refractivity contribution in [3.8, 4) is 5.75 Å². The van der Waals surface area contributed by atoms with Gasteiger partial charge in [0.05, 0.1) is 27.2 Å². The highest BCUT2D eigenvalue weighted by Gasteiger charge is 2.48. The molecule has 410 valence electrons. The minimum Gasteiger partial charge on any atom is -0.457 e. The molecule has 0 bridgehead atoms. The predicted molar refractivity (Wildman–Crippen MR) is 282 cm³/mol. The van der Waals surface area contributed by atoms with Crippen molar-refractivity contribution < 1.29 is 78.6 Å². The summed E-state index contributed by atoms with van der Waals surface area (Å²) in [5.74, 6) is -0.942. The Kier molecular flexibility index (Phi) is 19.4. The number of hydroxylamine groups is 2. The molecule has 0 spiro atoms. The van der Waals surface area contributed by atoms with Gasteiger partial charge in [0.15, 0.2) is 5.71 Å². The molecular weight excluding hydrogens is 1040 g/mol. The number of amides is 2. The van der Waals surface area contributed by atoms with Gasteiger partial charge in [-0.3, -0.25) is 18.7 Å². The number of hydrogen-bond acceptors (Lipinski definition) is 16. The van der Waals surface area contributed by atoms with Crippen LogP contribution < -0.4 is 9.64 Å². The Balaban J connectivity index is 1.31. The molecule has 1 saturated heterocycles. The van der Waals surface area contributed by atoms with Crippen LogP contribution in [0.1, 0.15) is 115 Å². The van der Waals surface area contributed by atoms with Crippen molar-refractivity contribution in [3.63, 3.8) is 0 Å². The predicted octanol–water partition coefficient (Wildman–Crippen LogP) is 9.67. The van der Waals surface area contributed by atoms with E-state index in [2.05, 4.69) is 40.5 Å². The van der Waals surface area contributed by atoms with Crippen LogP contribution in [-0.2, 0) is 69.1 Å². The molecule has 19 nitrogen and oxygen atoms in total. The van der Waals surface area contributed by atoms with E-state index in [1.165, 1.54) is 36.4 Å². The highest BCUT2D eigenvalue weighted by molar-refractivity contribution is 7.94. The molecular formula is C54H66N3O16S3+. The molecule has 0 saturated carbocycles. The fraction of sp³-hybridized carbons (Fsp3) is 0.444. The van der Waals surface area contributed by atoms with Crippen LogP contribution in [0.5, 0.6) is 5.75 Å². The van der Waals surface area contributed by atoms with E-state index < -0.39 is 48.8 Å². The minimum atomic E-state index is -4.59. The van der Waals surface area contributed by atoms with Gasteiger partial charge in [-0.05, 0) is 142 Å². The second-order valence-electron chi connectivity index (χ2n) is 19.4. The van der Waals surface area contributed by atoms with Crippen molar-refractivity contribution in [2.75, 3.05) is 45.4 Å². The lowest BCUT2D eigenvalue weighted by Crippen LogP contribution is -2.33. The van der Waals surface area contributed by atoms with Gasteiger partial charge in [0, 0.05) is 99.1 Å². The number of unbranched alkanes of at least 4 members (excludes halogenated alkanes) is 3. The average molecular weight is 1110 g/mol. The SMILES string of the molecule is CCCC[N+]1=C(/C=C/C2=C(Oc3ccc(S(=O)(=O)O)cc3)C(=C/C=C3/N(CCCCCC(=O)ON4C(=O)CCC4=O)c4ccc(S(=O)(=O)O)cc4C3(C)CCOC)/CCC2)C(C)(CCOC)c2cc(SOOO)ccc21. The molecule has 1 fully saturated rings. The summed E-state index contributed by atoms with van der Waals surface area (Å²) in [5.41, 5.74) is 5.56. The Morgan fingerprint density at radius 1 is 0.789 bits per heavy atom. The van der Waals surface area contributed by atoms with E-state index in [1.807, 2.05) is 37.3 Å². The summed E-state index contributed by atoms with van der Waals surface area (Å²) in [6.07, 6.45) is 14.5. The third kappa shape index (κ3) is 13.2. The molecule has 22 heteroatoms. The molecule has 3 heterocycles. The van der Waals surface area contributed by atoms with Gasteiger partial charge >= 0.3 is 5.97 Å². The van der Waals surface area contributed by atoms with Crippen molar-refractivity contribution in [2.45, 2.75) is 130 Å². The molecule has 2 amide bonds. The Labute approximate surface area is 448 Å². The maximum Gasteiger partial charge on any atom is 0.333 e. The number of nitrogens with zero attached hydrogens (tertiary/aromatic N) is 3. The van der Waals surface area contributed by atoms with Crippen molar-refractivity contribution >= 4 is 67.1 Å². The summed E-state index contributed by atoms with van der Waals surface area (Å²) in [5, 5.41) is 13.4. The van der Waals surface area contributed by atoms with Crippen LogP contribution in [0.2, 0.25) is 0 Å². The van der Waals surface area contributed by atoms with Crippen LogP contribution in [0, 0.1) is 0 Å².